The molecule has 3 aromatic carbocycles. The Morgan fingerprint density at radius 2 is 1.67 bits per heavy atom. The van der Waals surface area contributed by atoms with Crippen LogP contribution in [0.3, 0.4) is 0 Å². The number of carbonyl (C=O) groups is 3. The van der Waals surface area contributed by atoms with Crippen molar-refractivity contribution in [3.63, 3.8) is 0 Å². The quantitative estimate of drug-likeness (QED) is 0.133. The van der Waals surface area contributed by atoms with E-state index in [0.29, 0.717) is 34.9 Å². The highest BCUT2D eigenvalue weighted by Crippen LogP contribution is 2.34. The molecule has 1 aliphatic rings. The van der Waals surface area contributed by atoms with Gasteiger partial charge in [-0.3, -0.25) is 4.79 Å². The van der Waals surface area contributed by atoms with Crippen LogP contribution in [0.15, 0.2) is 77.0 Å². The maximum Gasteiger partial charge on any atom is 0.338 e. The molecule has 0 unspecified atom stereocenters. The number of ether oxygens (including phenoxy) is 5. The van der Waals surface area contributed by atoms with Gasteiger partial charge < -0.3 is 34.3 Å². The number of hydrazone groups is 1. The molecule has 0 saturated heterocycles. The molecule has 1 atom stereocenters. The predicted molar refractivity (Wildman–Crippen MR) is 166 cm³/mol. The van der Waals surface area contributed by atoms with Crippen LogP contribution in [0, 0.1) is 5.82 Å². The van der Waals surface area contributed by atoms with Gasteiger partial charge in [0.15, 0.2) is 29.6 Å². The number of allylic oxidation sites excluding steroid dienone is 1. The van der Waals surface area contributed by atoms with E-state index in [0.717, 1.165) is 5.56 Å². The zero-order valence-corrected chi connectivity index (χ0v) is 25.8. The number of benzene rings is 3. The van der Waals surface area contributed by atoms with Crippen LogP contribution >= 0.6 is 0 Å². The number of nitrogens with one attached hydrogen (secondary N) is 3. The van der Waals surface area contributed by atoms with Gasteiger partial charge in [-0.15, -0.1) is 0 Å². The fraction of sp³-hybridized carbons (Fsp3) is 0.273. The summed E-state index contributed by atoms with van der Waals surface area (Å²) >= 11 is 0. The van der Waals surface area contributed by atoms with Crippen molar-refractivity contribution < 1.29 is 42.5 Å². The summed E-state index contributed by atoms with van der Waals surface area (Å²) in [4.78, 5) is 37.2. The lowest BCUT2D eigenvalue weighted by Crippen LogP contribution is -2.45. The SMILES string of the molecule is CCOC(=O)C1=C(C)NC(=O)N[C@@H]1c1ccc(OCC(=O)N/N=C\c2ccc(OCc3ccc(F)cc3)c(OCC)c2)c(OC)c1. The second-order valence-corrected chi connectivity index (χ2v) is 9.84. The minimum Gasteiger partial charge on any atom is -0.493 e. The van der Waals surface area contributed by atoms with Gasteiger partial charge >= 0.3 is 12.0 Å². The fourth-order valence-corrected chi connectivity index (χ4v) is 4.49. The van der Waals surface area contributed by atoms with Crippen molar-refractivity contribution in [2.75, 3.05) is 26.9 Å². The van der Waals surface area contributed by atoms with Crippen molar-refractivity contribution in [2.24, 2.45) is 5.10 Å². The number of nitrogens with zero attached hydrogens (tertiary/aromatic N) is 1. The Balaban J connectivity index is 1.36. The summed E-state index contributed by atoms with van der Waals surface area (Å²) in [7, 11) is 1.43. The monoisotopic (exact) mass is 634 g/mol. The Morgan fingerprint density at radius 1 is 0.935 bits per heavy atom. The average Bonchev–Trinajstić information content (AvgIpc) is 3.04. The van der Waals surface area contributed by atoms with Gasteiger partial charge in [-0.05, 0) is 79.9 Å². The molecule has 3 N–H and O–H groups in total. The topological polar surface area (TPSA) is 146 Å². The van der Waals surface area contributed by atoms with Crippen LogP contribution in [0.25, 0.3) is 0 Å². The van der Waals surface area contributed by atoms with Gasteiger partial charge in [-0.1, -0.05) is 18.2 Å². The van der Waals surface area contributed by atoms with Gasteiger partial charge in [0.1, 0.15) is 12.4 Å². The zero-order chi connectivity index (χ0) is 33.1. The molecule has 0 saturated carbocycles. The maximum absolute atomic E-state index is 13.2. The summed E-state index contributed by atoms with van der Waals surface area (Å²) in [5.74, 6) is 0.137. The van der Waals surface area contributed by atoms with Gasteiger partial charge in [0, 0.05) is 5.70 Å². The number of rotatable bonds is 14. The zero-order valence-electron chi connectivity index (χ0n) is 25.8. The molecule has 0 radical (unpaired) electrons. The molecule has 1 aliphatic heterocycles. The normalized spacial score (nSPS) is 14.3. The molecule has 0 aliphatic carbocycles. The molecule has 0 fully saturated rings. The van der Waals surface area contributed by atoms with Gasteiger partial charge in [-0.25, -0.2) is 19.4 Å². The Bertz CT molecular complexity index is 1620. The van der Waals surface area contributed by atoms with Crippen LogP contribution < -0.4 is 35.0 Å². The number of esters is 1. The smallest absolute Gasteiger partial charge is 0.338 e. The molecule has 13 heteroatoms. The number of hydrogen-bond acceptors (Lipinski definition) is 9. The number of amides is 3. The van der Waals surface area contributed by atoms with E-state index < -0.39 is 23.9 Å². The highest BCUT2D eigenvalue weighted by atomic mass is 19.1. The number of carbonyl (C=O) groups excluding carboxylic acids is 3. The number of methoxy groups -OCH3 is 1. The molecule has 1 heterocycles. The van der Waals surface area contributed by atoms with Gasteiger partial charge in [0.2, 0.25) is 0 Å². The Morgan fingerprint density at radius 3 is 2.39 bits per heavy atom. The first-order chi connectivity index (χ1) is 22.2. The summed E-state index contributed by atoms with van der Waals surface area (Å²) < 4.78 is 41.0. The van der Waals surface area contributed by atoms with Crippen LogP contribution in [0.2, 0.25) is 0 Å². The van der Waals surface area contributed by atoms with Crippen molar-refractivity contribution >= 4 is 24.1 Å². The molecule has 0 spiro atoms. The molecule has 4 rings (SSSR count). The van der Waals surface area contributed by atoms with Crippen LogP contribution in [-0.4, -0.2) is 51.1 Å². The third kappa shape index (κ3) is 8.74. The lowest BCUT2D eigenvalue weighted by molar-refractivity contribution is -0.139. The van der Waals surface area contributed by atoms with Crippen LogP contribution in [0.5, 0.6) is 23.0 Å². The number of urea groups is 1. The van der Waals surface area contributed by atoms with Crippen molar-refractivity contribution in [1.82, 2.24) is 16.1 Å². The standard InChI is InChI=1S/C33H35FN4O8/c1-5-43-28-15-22(9-13-26(28)45-18-21-7-11-24(34)12-8-21)17-35-38-29(39)19-46-25-14-10-23(16-27(25)42-4)31-30(32(40)44-6-2)20(3)36-33(41)37-31/h7-17,31H,5-6,18-19H2,1-4H3,(H,38,39)(H2,36,37,41)/b35-17-/t31-/m1/s1. The average molecular weight is 635 g/mol. The minimum atomic E-state index is -0.785. The highest BCUT2D eigenvalue weighted by molar-refractivity contribution is 5.95. The summed E-state index contributed by atoms with van der Waals surface area (Å²) in [5.41, 5.74) is 5.05. The first-order valence-electron chi connectivity index (χ1n) is 14.4. The molecular weight excluding hydrogens is 599 g/mol. The lowest BCUT2D eigenvalue weighted by Gasteiger charge is -2.28. The largest absolute Gasteiger partial charge is 0.493 e. The van der Waals surface area contributed by atoms with Crippen LogP contribution in [0.4, 0.5) is 9.18 Å². The lowest BCUT2D eigenvalue weighted by atomic mass is 9.95. The minimum absolute atomic E-state index is 0.175. The van der Waals surface area contributed by atoms with E-state index in [1.165, 1.54) is 25.5 Å². The number of hydrogen-bond donors (Lipinski definition) is 3. The molecule has 0 bridgehead atoms. The Labute approximate surface area is 265 Å². The molecular formula is C33H35FN4O8. The first-order valence-corrected chi connectivity index (χ1v) is 14.4. The number of halogens is 1. The van der Waals surface area contributed by atoms with Gasteiger partial charge in [-0.2, -0.15) is 5.10 Å². The van der Waals surface area contributed by atoms with Crippen LogP contribution in [0.1, 0.15) is 43.5 Å². The van der Waals surface area contributed by atoms with Crippen molar-refractivity contribution in [3.8, 4) is 23.0 Å². The van der Waals surface area contributed by atoms with Crippen molar-refractivity contribution in [3.05, 3.63) is 94.4 Å². The van der Waals surface area contributed by atoms with E-state index in [2.05, 4.69) is 21.2 Å². The summed E-state index contributed by atoms with van der Waals surface area (Å²) in [6.45, 7) is 5.60. The Kier molecular flexibility index (Phi) is 11.5. The van der Waals surface area contributed by atoms with E-state index in [4.69, 9.17) is 23.7 Å². The van der Waals surface area contributed by atoms with E-state index in [-0.39, 0.29) is 42.7 Å². The van der Waals surface area contributed by atoms with E-state index >= 15 is 0 Å². The maximum atomic E-state index is 13.2. The summed E-state index contributed by atoms with van der Waals surface area (Å²) in [6.07, 6.45) is 1.45. The molecule has 12 nitrogen and oxygen atoms in total. The van der Waals surface area contributed by atoms with E-state index in [1.807, 2.05) is 6.92 Å². The van der Waals surface area contributed by atoms with E-state index in [1.54, 1.807) is 62.4 Å². The highest BCUT2D eigenvalue weighted by Gasteiger charge is 2.32. The molecule has 242 valence electrons. The van der Waals surface area contributed by atoms with E-state index in [9.17, 15) is 18.8 Å². The van der Waals surface area contributed by atoms with Gasteiger partial charge in [0.25, 0.3) is 5.91 Å². The summed E-state index contributed by atoms with van der Waals surface area (Å²) in [5, 5.41) is 9.31. The predicted octanol–water partition coefficient (Wildman–Crippen LogP) is 4.53. The summed E-state index contributed by atoms with van der Waals surface area (Å²) in [6, 6.07) is 14.8. The van der Waals surface area contributed by atoms with Crippen molar-refractivity contribution in [1.29, 1.82) is 0 Å². The third-order valence-electron chi connectivity index (χ3n) is 6.62. The Hall–Kier alpha value is -5.59. The molecule has 46 heavy (non-hydrogen) atoms. The fourth-order valence-electron chi connectivity index (χ4n) is 4.49. The van der Waals surface area contributed by atoms with Gasteiger partial charge in [0.05, 0.1) is 38.2 Å². The molecule has 0 aromatic heterocycles. The van der Waals surface area contributed by atoms with Crippen LogP contribution in [-0.2, 0) is 20.9 Å². The second-order valence-electron chi connectivity index (χ2n) is 9.84. The van der Waals surface area contributed by atoms with Crippen molar-refractivity contribution in [2.45, 2.75) is 33.4 Å². The second kappa shape index (κ2) is 15.9. The molecule has 3 amide bonds. The first kappa shape index (κ1) is 33.3. The molecule has 3 aromatic rings. The third-order valence-corrected chi connectivity index (χ3v) is 6.62.